The van der Waals surface area contributed by atoms with Gasteiger partial charge in [-0.1, -0.05) is 0 Å². The molecule has 258 valence electrons. The summed E-state index contributed by atoms with van der Waals surface area (Å²) in [5, 5.41) is 9.22. The molecule has 1 atom stereocenters. The van der Waals surface area contributed by atoms with E-state index < -0.39 is 18.3 Å². The lowest BCUT2D eigenvalue weighted by atomic mass is 10.0. The van der Waals surface area contributed by atoms with Gasteiger partial charge in [0.05, 0.1) is 37.1 Å². The topological polar surface area (TPSA) is 126 Å². The van der Waals surface area contributed by atoms with E-state index in [1.54, 1.807) is 46.7 Å². The summed E-state index contributed by atoms with van der Waals surface area (Å²) in [7, 11) is 2.05. The summed E-state index contributed by atoms with van der Waals surface area (Å²) < 4.78 is 44.8. The van der Waals surface area contributed by atoms with Crippen molar-refractivity contribution in [1.29, 1.82) is 0 Å². The van der Waals surface area contributed by atoms with Crippen molar-refractivity contribution in [2.75, 3.05) is 51.5 Å². The molecular weight excluding hydrogens is 646 g/mol. The third kappa shape index (κ3) is 7.42. The van der Waals surface area contributed by atoms with E-state index in [1.807, 2.05) is 27.2 Å². The van der Waals surface area contributed by atoms with Gasteiger partial charge in [-0.3, -0.25) is 24.2 Å². The molecule has 0 bridgehead atoms. The number of aromatic nitrogens is 2. The Labute approximate surface area is 281 Å². The first-order chi connectivity index (χ1) is 23.0. The van der Waals surface area contributed by atoms with E-state index in [0.717, 1.165) is 17.7 Å². The van der Waals surface area contributed by atoms with Crippen molar-refractivity contribution < 1.29 is 32.6 Å². The fourth-order valence-corrected chi connectivity index (χ4v) is 6.91. The number of thioether (sulfide) groups is 1. The van der Waals surface area contributed by atoms with Gasteiger partial charge in [0.15, 0.2) is 11.6 Å². The zero-order valence-electron chi connectivity index (χ0n) is 27.3. The van der Waals surface area contributed by atoms with Gasteiger partial charge in [-0.15, -0.1) is 11.8 Å². The van der Waals surface area contributed by atoms with Crippen molar-refractivity contribution in [2.45, 2.75) is 62.6 Å². The predicted octanol–water partition coefficient (Wildman–Crippen LogP) is 3.52. The highest BCUT2D eigenvalue weighted by Crippen LogP contribution is 2.38. The number of alkyl halides is 2. The molecule has 0 saturated carbocycles. The molecule has 2 amide bonds. The van der Waals surface area contributed by atoms with Crippen LogP contribution in [-0.2, 0) is 25.6 Å². The molecular formula is C32H40F2N8O5S. The average Bonchev–Trinajstić information content (AvgIpc) is 3.76. The second-order valence-electron chi connectivity index (χ2n) is 12.2. The maximum absolute atomic E-state index is 13.7. The van der Waals surface area contributed by atoms with Crippen LogP contribution in [-0.4, -0.2) is 113 Å². The lowest BCUT2D eigenvalue weighted by Crippen LogP contribution is -2.50. The van der Waals surface area contributed by atoms with Gasteiger partial charge in [0, 0.05) is 48.2 Å². The van der Waals surface area contributed by atoms with Crippen molar-refractivity contribution in [3.8, 4) is 17.0 Å². The van der Waals surface area contributed by atoms with E-state index in [4.69, 9.17) is 14.2 Å². The van der Waals surface area contributed by atoms with Gasteiger partial charge in [0.2, 0.25) is 5.91 Å². The molecule has 4 aliphatic rings. The van der Waals surface area contributed by atoms with Gasteiger partial charge in [0.25, 0.3) is 5.91 Å². The number of anilines is 1. The molecule has 0 radical (unpaired) electrons. The second kappa shape index (κ2) is 14.3. The number of amides is 2. The standard InChI is InChI=1S/C32H40F2N8O5S/c1-20-27(29-35-10-5-11-42(29)37-20)30(44)36-24-17-41(38-28(24)23-16-22(48-4)6-7-25(23)47-31(33)34)18-26(43)40-12-8-21(9-13-40)39(3)19-32(2)45-14-15-46-32/h5-7,10-11,16-17,20-21,31,37H,8-9,12-15,18-19H2,1-4H3,(H,36,44). The molecule has 2 saturated heterocycles. The Hall–Kier alpha value is -3.83. The van der Waals surface area contributed by atoms with E-state index in [1.165, 1.54) is 22.5 Å². The zero-order valence-corrected chi connectivity index (χ0v) is 28.1. The Balaban J connectivity index is 1.22. The number of aliphatic imine (C=N–C) groups is 1. The van der Waals surface area contributed by atoms with Gasteiger partial charge >= 0.3 is 6.61 Å². The molecule has 4 aliphatic heterocycles. The van der Waals surface area contributed by atoms with E-state index in [-0.39, 0.29) is 47.2 Å². The molecule has 0 aliphatic carbocycles. The molecule has 1 aromatic carbocycles. The largest absolute Gasteiger partial charge is 0.434 e. The third-order valence-corrected chi connectivity index (χ3v) is 9.56. The smallest absolute Gasteiger partial charge is 0.387 e. The first-order valence-electron chi connectivity index (χ1n) is 15.8. The van der Waals surface area contributed by atoms with E-state index in [9.17, 15) is 18.4 Å². The minimum atomic E-state index is -3.07. The van der Waals surface area contributed by atoms with Gasteiger partial charge in [0.1, 0.15) is 18.0 Å². The normalized spacial score (nSPS) is 20.7. The molecule has 0 spiro atoms. The molecule has 16 heteroatoms. The fraction of sp³-hybridized carbons (Fsp3) is 0.500. The highest BCUT2D eigenvalue weighted by atomic mass is 32.2. The summed E-state index contributed by atoms with van der Waals surface area (Å²) in [6.45, 7) is 3.55. The number of ether oxygens (including phenoxy) is 3. The van der Waals surface area contributed by atoms with E-state index in [0.29, 0.717) is 44.2 Å². The van der Waals surface area contributed by atoms with Crippen molar-refractivity contribution in [1.82, 2.24) is 30.0 Å². The minimum Gasteiger partial charge on any atom is -0.434 e. The molecule has 13 nitrogen and oxygen atoms in total. The molecule has 2 aromatic rings. The molecule has 48 heavy (non-hydrogen) atoms. The summed E-state index contributed by atoms with van der Waals surface area (Å²) in [6, 6.07) is 4.71. The molecule has 1 aromatic heterocycles. The summed E-state index contributed by atoms with van der Waals surface area (Å²) in [6.07, 6.45) is 10.1. The van der Waals surface area contributed by atoms with E-state index in [2.05, 4.69) is 25.7 Å². The van der Waals surface area contributed by atoms with Crippen LogP contribution >= 0.6 is 11.8 Å². The highest BCUT2D eigenvalue weighted by Gasteiger charge is 2.36. The minimum absolute atomic E-state index is 0.102. The monoisotopic (exact) mass is 686 g/mol. The van der Waals surface area contributed by atoms with Gasteiger partial charge in [-0.25, -0.2) is 10.4 Å². The van der Waals surface area contributed by atoms with Gasteiger partial charge in [-0.05, 0) is 64.3 Å². The van der Waals surface area contributed by atoms with Crippen LogP contribution in [0.25, 0.3) is 11.3 Å². The number of nitrogens with one attached hydrogen (secondary N) is 2. The fourth-order valence-electron chi connectivity index (χ4n) is 6.47. The van der Waals surface area contributed by atoms with E-state index >= 15 is 0 Å². The van der Waals surface area contributed by atoms with Gasteiger partial charge < -0.3 is 24.4 Å². The highest BCUT2D eigenvalue weighted by molar-refractivity contribution is 7.98. The SMILES string of the molecule is CSc1ccc(OC(F)F)c(-c2nn(CC(=O)N3CCC(N(C)CC4(C)OCCO4)CC3)cc2NC(=O)C2=C3N=CC=CN3NC2C)c1. The summed E-state index contributed by atoms with van der Waals surface area (Å²) >= 11 is 1.42. The number of piperidine rings is 1. The number of carbonyl (C=O) groups excluding carboxylic acids is 2. The van der Waals surface area contributed by atoms with Crippen molar-refractivity contribution in [2.24, 2.45) is 4.99 Å². The summed E-state index contributed by atoms with van der Waals surface area (Å²) in [5.41, 5.74) is 4.25. The van der Waals surface area contributed by atoms with Crippen LogP contribution in [0.3, 0.4) is 0 Å². The number of nitrogens with zero attached hydrogens (tertiary/aromatic N) is 6. The lowest BCUT2D eigenvalue weighted by molar-refractivity contribution is -0.159. The number of halogens is 2. The van der Waals surface area contributed by atoms with Crippen molar-refractivity contribution >= 4 is 35.5 Å². The van der Waals surface area contributed by atoms with Crippen molar-refractivity contribution in [3.63, 3.8) is 0 Å². The first kappa shape index (κ1) is 34.0. The van der Waals surface area contributed by atoms with Crippen molar-refractivity contribution in [3.05, 3.63) is 48.1 Å². The third-order valence-electron chi connectivity index (χ3n) is 8.84. The van der Waals surface area contributed by atoms with Crippen LogP contribution in [0.1, 0.15) is 26.7 Å². The second-order valence-corrected chi connectivity index (χ2v) is 13.1. The number of likely N-dealkylation sites (N-methyl/N-ethyl adjacent to an activating group) is 1. The van der Waals surface area contributed by atoms with Crippen LogP contribution in [0.4, 0.5) is 14.5 Å². The molecule has 2 fully saturated rings. The number of rotatable bonds is 11. The number of allylic oxidation sites excluding steroid dienone is 1. The summed E-state index contributed by atoms with van der Waals surface area (Å²) in [5.74, 6) is -0.862. The number of fused-ring (bicyclic) bond motifs is 1. The first-order valence-corrected chi connectivity index (χ1v) is 17.0. The lowest BCUT2D eigenvalue weighted by Gasteiger charge is -2.39. The molecule has 5 heterocycles. The Bertz CT molecular complexity index is 1620. The van der Waals surface area contributed by atoms with Crippen LogP contribution in [0.5, 0.6) is 5.75 Å². The molecule has 6 rings (SSSR count). The van der Waals surface area contributed by atoms with Crippen LogP contribution in [0.2, 0.25) is 0 Å². The molecule has 2 N–H and O–H groups in total. The summed E-state index contributed by atoms with van der Waals surface area (Å²) in [4.78, 5) is 36.4. The number of benzene rings is 1. The Kier molecular flexibility index (Phi) is 10.2. The van der Waals surface area contributed by atoms with Gasteiger partial charge in [-0.2, -0.15) is 13.9 Å². The average molecular weight is 687 g/mol. The maximum atomic E-state index is 13.7. The quantitative estimate of drug-likeness (QED) is 0.340. The number of hydrogen-bond acceptors (Lipinski definition) is 11. The Morgan fingerprint density at radius 3 is 2.71 bits per heavy atom. The zero-order chi connectivity index (χ0) is 34.0. The van der Waals surface area contributed by atoms with Crippen LogP contribution < -0.4 is 15.5 Å². The Morgan fingerprint density at radius 1 is 1.25 bits per heavy atom. The Morgan fingerprint density at radius 2 is 2.00 bits per heavy atom. The number of carbonyl (C=O) groups is 2. The molecule has 1 unspecified atom stereocenters. The number of hydrazine groups is 1. The number of likely N-dealkylation sites (tertiary alicyclic amines) is 1. The van der Waals surface area contributed by atoms with Crippen LogP contribution in [0, 0.1) is 0 Å². The predicted molar refractivity (Wildman–Crippen MR) is 176 cm³/mol. The van der Waals surface area contributed by atoms with Crippen LogP contribution in [0.15, 0.2) is 58.0 Å². The maximum Gasteiger partial charge on any atom is 0.387 e. The number of hydrogen-bond donors (Lipinski definition) is 2.